The fraction of sp³-hybridized carbons (Fsp3) is 0.154. The molecule has 0 atom stereocenters. The highest BCUT2D eigenvalue weighted by Gasteiger charge is 2.15. The molecule has 0 bridgehead atoms. The van der Waals surface area contributed by atoms with Crippen molar-refractivity contribution in [3.05, 3.63) is 101 Å². The number of nitrogens with zero attached hydrogens (tertiary/aromatic N) is 1. The Bertz CT molecular complexity index is 1220. The summed E-state index contributed by atoms with van der Waals surface area (Å²) in [5.74, 6) is -0.615. The molecule has 30 heavy (non-hydrogen) atoms. The molecule has 0 unspecified atom stereocenters. The molecule has 4 aromatic rings. The number of aryl methyl sites for hydroxylation is 2. The Balaban J connectivity index is 1.68. The van der Waals surface area contributed by atoms with Crippen LogP contribution in [0, 0.1) is 19.7 Å². The van der Waals surface area contributed by atoms with Gasteiger partial charge in [0.15, 0.2) is 0 Å². The van der Waals surface area contributed by atoms with E-state index < -0.39 is 0 Å². The Hall–Kier alpha value is -3.53. The third-order valence-corrected chi connectivity index (χ3v) is 5.36. The molecule has 0 radical (unpaired) electrons. The number of aromatic nitrogens is 1. The van der Waals surface area contributed by atoms with Gasteiger partial charge in [-0.05, 0) is 67.3 Å². The summed E-state index contributed by atoms with van der Waals surface area (Å²) in [4.78, 5) is 17.7. The molecule has 4 rings (SSSR count). The van der Waals surface area contributed by atoms with Crippen LogP contribution in [-0.2, 0) is 6.42 Å². The second kappa shape index (κ2) is 8.46. The minimum Gasteiger partial charge on any atom is -0.352 e. The van der Waals surface area contributed by atoms with E-state index in [1.807, 2.05) is 49.4 Å². The summed E-state index contributed by atoms with van der Waals surface area (Å²) in [6, 6.07) is 22.2. The molecule has 0 aliphatic rings. The van der Waals surface area contributed by atoms with Gasteiger partial charge in [-0.2, -0.15) is 0 Å². The molecule has 150 valence electrons. The van der Waals surface area contributed by atoms with Crippen LogP contribution in [0.25, 0.3) is 22.2 Å². The van der Waals surface area contributed by atoms with Crippen LogP contribution in [0.15, 0.2) is 72.8 Å². The van der Waals surface area contributed by atoms with E-state index in [0.717, 1.165) is 23.1 Å². The van der Waals surface area contributed by atoms with Crippen LogP contribution in [0.5, 0.6) is 0 Å². The maximum Gasteiger partial charge on any atom is 0.252 e. The SMILES string of the molecule is Cc1ccc(-c2cc(C(=O)NCCc3ccccc3)c3cc(F)ccc3n2)cc1C. The predicted octanol–water partition coefficient (Wildman–Crippen LogP) is 5.63. The molecule has 0 saturated heterocycles. The number of amides is 1. The van der Waals surface area contributed by atoms with Gasteiger partial charge in [0.25, 0.3) is 5.91 Å². The number of nitrogens with one attached hydrogen (secondary N) is 1. The summed E-state index contributed by atoms with van der Waals surface area (Å²) in [5, 5.41) is 3.48. The number of rotatable bonds is 5. The van der Waals surface area contributed by atoms with Crippen molar-refractivity contribution < 1.29 is 9.18 Å². The minimum atomic E-state index is -0.387. The topological polar surface area (TPSA) is 42.0 Å². The number of hydrogen-bond acceptors (Lipinski definition) is 2. The van der Waals surface area contributed by atoms with Gasteiger partial charge in [-0.25, -0.2) is 9.37 Å². The van der Waals surface area contributed by atoms with Gasteiger partial charge in [0.2, 0.25) is 0 Å². The monoisotopic (exact) mass is 398 g/mol. The second-order valence-corrected chi connectivity index (χ2v) is 7.51. The maximum absolute atomic E-state index is 13.9. The van der Waals surface area contributed by atoms with Crippen LogP contribution in [-0.4, -0.2) is 17.4 Å². The summed E-state index contributed by atoms with van der Waals surface area (Å²) in [5.41, 5.74) is 6.16. The van der Waals surface area contributed by atoms with Gasteiger partial charge in [-0.1, -0.05) is 42.5 Å². The van der Waals surface area contributed by atoms with E-state index >= 15 is 0 Å². The van der Waals surface area contributed by atoms with Crippen molar-refractivity contribution in [3.63, 3.8) is 0 Å². The lowest BCUT2D eigenvalue weighted by atomic mass is 10.0. The maximum atomic E-state index is 13.9. The Morgan fingerprint density at radius 2 is 1.73 bits per heavy atom. The van der Waals surface area contributed by atoms with E-state index in [2.05, 4.69) is 23.3 Å². The van der Waals surface area contributed by atoms with E-state index in [4.69, 9.17) is 0 Å². The molecule has 0 fully saturated rings. The molecule has 0 saturated carbocycles. The van der Waals surface area contributed by atoms with Gasteiger partial charge in [0.1, 0.15) is 5.82 Å². The number of halogens is 1. The number of carbonyl (C=O) groups is 1. The van der Waals surface area contributed by atoms with Crippen LogP contribution >= 0.6 is 0 Å². The highest BCUT2D eigenvalue weighted by atomic mass is 19.1. The lowest BCUT2D eigenvalue weighted by molar-refractivity contribution is 0.0956. The minimum absolute atomic E-state index is 0.228. The summed E-state index contributed by atoms with van der Waals surface area (Å²) >= 11 is 0. The Kier molecular flexibility index (Phi) is 5.57. The Morgan fingerprint density at radius 3 is 2.50 bits per heavy atom. The summed E-state index contributed by atoms with van der Waals surface area (Å²) in [7, 11) is 0. The smallest absolute Gasteiger partial charge is 0.252 e. The molecule has 1 heterocycles. The van der Waals surface area contributed by atoms with Crippen molar-refractivity contribution in [2.24, 2.45) is 0 Å². The third-order valence-electron chi connectivity index (χ3n) is 5.36. The second-order valence-electron chi connectivity index (χ2n) is 7.51. The first kappa shape index (κ1) is 19.8. The number of hydrogen-bond donors (Lipinski definition) is 1. The lowest BCUT2D eigenvalue weighted by Gasteiger charge is -2.12. The van der Waals surface area contributed by atoms with Crippen molar-refractivity contribution in [2.75, 3.05) is 6.54 Å². The molecule has 1 N–H and O–H groups in total. The zero-order valence-corrected chi connectivity index (χ0v) is 17.1. The van der Waals surface area contributed by atoms with Crippen LogP contribution in [0.4, 0.5) is 4.39 Å². The van der Waals surface area contributed by atoms with Crippen molar-refractivity contribution in [1.82, 2.24) is 10.3 Å². The predicted molar refractivity (Wildman–Crippen MR) is 119 cm³/mol. The molecular formula is C26H23FN2O. The first-order valence-corrected chi connectivity index (χ1v) is 10.0. The highest BCUT2D eigenvalue weighted by Crippen LogP contribution is 2.27. The first-order chi connectivity index (χ1) is 14.5. The normalized spacial score (nSPS) is 10.9. The molecule has 4 heteroatoms. The van der Waals surface area contributed by atoms with E-state index in [9.17, 15) is 9.18 Å². The van der Waals surface area contributed by atoms with Gasteiger partial charge in [-0.15, -0.1) is 0 Å². The summed E-state index contributed by atoms with van der Waals surface area (Å²) < 4.78 is 13.9. The van der Waals surface area contributed by atoms with Crippen LogP contribution in [0.2, 0.25) is 0 Å². The Morgan fingerprint density at radius 1 is 0.933 bits per heavy atom. The fourth-order valence-electron chi connectivity index (χ4n) is 3.49. The number of benzene rings is 3. The zero-order chi connectivity index (χ0) is 21.1. The van der Waals surface area contributed by atoms with E-state index in [0.29, 0.717) is 28.7 Å². The van der Waals surface area contributed by atoms with E-state index in [1.54, 1.807) is 12.1 Å². The largest absolute Gasteiger partial charge is 0.352 e. The van der Waals surface area contributed by atoms with Gasteiger partial charge in [-0.3, -0.25) is 4.79 Å². The van der Waals surface area contributed by atoms with Crippen LogP contribution in [0.1, 0.15) is 27.0 Å². The average Bonchev–Trinajstić information content (AvgIpc) is 2.75. The average molecular weight is 398 g/mol. The molecule has 0 aliphatic heterocycles. The zero-order valence-electron chi connectivity index (χ0n) is 17.1. The van der Waals surface area contributed by atoms with Gasteiger partial charge >= 0.3 is 0 Å². The van der Waals surface area contributed by atoms with Crippen molar-refractivity contribution in [1.29, 1.82) is 0 Å². The van der Waals surface area contributed by atoms with Crippen molar-refractivity contribution in [2.45, 2.75) is 20.3 Å². The van der Waals surface area contributed by atoms with Crippen molar-refractivity contribution in [3.8, 4) is 11.3 Å². The molecule has 0 aliphatic carbocycles. The molecule has 3 aromatic carbocycles. The standard InChI is InChI=1S/C26H23FN2O/c1-17-8-9-20(14-18(17)2)25-16-23(22-15-21(27)10-11-24(22)29-25)26(30)28-13-12-19-6-4-3-5-7-19/h3-11,14-16H,12-13H2,1-2H3,(H,28,30). The Labute approximate surface area is 175 Å². The van der Waals surface area contributed by atoms with E-state index in [-0.39, 0.29) is 11.7 Å². The third kappa shape index (κ3) is 4.23. The van der Waals surface area contributed by atoms with Crippen LogP contribution in [0.3, 0.4) is 0 Å². The van der Waals surface area contributed by atoms with Gasteiger partial charge in [0.05, 0.1) is 16.8 Å². The molecule has 3 nitrogen and oxygen atoms in total. The summed E-state index contributed by atoms with van der Waals surface area (Å²) in [6.45, 7) is 4.61. The quantitative estimate of drug-likeness (QED) is 0.473. The summed E-state index contributed by atoms with van der Waals surface area (Å²) in [6.07, 6.45) is 0.730. The number of carbonyl (C=O) groups excluding carboxylic acids is 1. The molecule has 0 spiro atoms. The van der Waals surface area contributed by atoms with Crippen molar-refractivity contribution >= 4 is 16.8 Å². The van der Waals surface area contributed by atoms with Gasteiger partial charge < -0.3 is 5.32 Å². The fourth-order valence-corrected chi connectivity index (χ4v) is 3.49. The molecule has 1 aromatic heterocycles. The van der Waals surface area contributed by atoms with Crippen LogP contribution < -0.4 is 5.32 Å². The molecule has 1 amide bonds. The lowest BCUT2D eigenvalue weighted by Crippen LogP contribution is -2.26. The molecular weight excluding hydrogens is 375 g/mol. The first-order valence-electron chi connectivity index (χ1n) is 10.0. The highest BCUT2D eigenvalue weighted by molar-refractivity contribution is 6.07. The number of fused-ring (bicyclic) bond motifs is 1. The van der Waals surface area contributed by atoms with E-state index in [1.165, 1.54) is 17.7 Å². The van der Waals surface area contributed by atoms with Gasteiger partial charge in [0, 0.05) is 17.5 Å². The number of pyridine rings is 1.